The average Bonchev–Trinajstić information content (AvgIpc) is 2.47. The first-order chi connectivity index (χ1) is 10.7. The Kier molecular flexibility index (Phi) is 6.27. The second kappa shape index (κ2) is 7.73. The minimum Gasteiger partial charge on any atom is -0.459 e. The Morgan fingerprint density at radius 2 is 1.83 bits per heavy atom. The fourth-order valence-electron chi connectivity index (χ4n) is 2.01. The Labute approximate surface area is 137 Å². The van der Waals surface area contributed by atoms with E-state index in [1.807, 2.05) is 36.4 Å². The number of esters is 1. The van der Waals surface area contributed by atoms with E-state index in [-0.39, 0.29) is 12.2 Å². The lowest BCUT2D eigenvalue weighted by atomic mass is 9.82. The molecule has 1 rings (SSSR count). The maximum Gasteiger partial charge on any atom is 0.331 e. The molecule has 0 heterocycles. The van der Waals surface area contributed by atoms with Gasteiger partial charge in [0, 0.05) is 0 Å². The van der Waals surface area contributed by atoms with Gasteiger partial charge in [0.05, 0.1) is 6.07 Å². The third-order valence-corrected chi connectivity index (χ3v) is 3.22. The van der Waals surface area contributed by atoms with Crippen molar-refractivity contribution in [3.8, 4) is 6.07 Å². The van der Waals surface area contributed by atoms with Gasteiger partial charge in [-0.2, -0.15) is 5.26 Å². The minimum atomic E-state index is -1.46. The van der Waals surface area contributed by atoms with Crippen LogP contribution in [0.3, 0.4) is 0 Å². The molecular weight excluding hydrogens is 290 g/mol. The van der Waals surface area contributed by atoms with Gasteiger partial charge in [-0.3, -0.25) is 4.79 Å². The van der Waals surface area contributed by atoms with Crippen LogP contribution in [0.4, 0.5) is 0 Å². The molecule has 0 aromatic heterocycles. The molecule has 0 fully saturated rings. The van der Waals surface area contributed by atoms with E-state index in [1.54, 1.807) is 20.8 Å². The molecular formula is C19H23NO3. The van der Waals surface area contributed by atoms with Crippen molar-refractivity contribution < 1.29 is 14.3 Å². The zero-order valence-electron chi connectivity index (χ0n) is 14.1. The molecule has 0 aliphatic carbocycles. The highest BCUT2D eigenvalue weighted by atomic mass is 16.6. The van der Waals surface area contributed by atoms with E-state index < -0.39 is 17.0 Å². The molecule has 4 heteroatoms. The fraction of sp³-hybridized carbons (Fsp3) is 0.421. The first-order valence-corrected chi connectivity index (χ1v) is 7.57. The fourth-order valence-corrected chi connectivity index (χ4v) is 2.01. The molecule has 0 saturated heterocycles. The Morgan fingerprint density at radius 3 is 2.30 bits per heavy atom. The van der Waals surface area contributed by atoms with Crippen molar-refractivity contribution in [3.63, 3.8) is 0 Å². The second-order valence-electron chi connectivity index (χ2n) is 6.51. The summed E-state index contributed by atoms with van der Waals surface area (Å²) in [7, 11) is 0. The molecule has 0 amide bonds. The number of carbonyl (C=O) groups is 2. The summed E-state index contributed by atoms with van der Waals surface area (Å²) in [5.74, 6) is -0.839. The molecule has 122 valence electrons. The number of benzene rings is 1. The average molecular weight is 313 g/mol. The van der Waals surface area contributed by atoms with Gasteiger partial charge in [-0.1, -0.05) is 30.3 Å². The molecule has 1 aromatic rings. The topological polar surface area (TPSA) is 67.2 Å². The standard InChI is InChI=1S/C19H23NO3/c1-15(21)10-12-19(14-20,17(22)23-18(2,3)4)13-11-16-8-6-5-7-9-16/h5-10,12H,11,13H2,1-4H3/b12-10+/t19-/m1/s1. The summed E-state index contributed by atoms with van der Waals surface area (Å²) in [5, 5.41) is 9.62. The maximum atomic E-state index is 12.5. The Hall–Kier alpha value is -2.41. The Morgan fingerprint density at radius 1 is 1.22 bits per heavy atom. The summed E-state index contributed by atoms with van der Waals surface area (Å²) in [6, 6.07) is 11.6. The lowest BCUT2D eigenvalue weighted by Crippen LogP contribution is -2.36. The monoisotopic (exact) mass is 313 g/mol. The molecule has 0 aliphatic rings. The predicted molar refractivity (Wildman–Crippen MR) is 88.5 cm³/mol. The molecule has 0 unspecified atom stereocenters. The molecule has 0 aliphatic heterocycles. The van der Waals surface area contributed by atoms with Crippen molar-refractivity contribution in [1.29, 1.82) is 5.26 Å². The van der Waals surface area contributed by atoms with Crippen molar-refractivity contribution in [2.24, 2.45) is 5.41 Å². The van der Waals surface area contributed by atoms with Crippen molar-refractivity contribution in [2.45, 2.75) is 46.1 Å². The number of nitrogens with zero attached hydrogens (tertiary/aromatic N) is 1. The van der Waals surface area contributed by atoms with Crippen LogP contribution >= 0.6 is 0 Å². The first kappa shape index (κ1) is 18.6. The van der Waals surface area contributed by atoms with E-state index in [2.05, 4.69) is 0 Å². The SMILES string of the molecule is CC(=O)/C=C/[C@](C#N)(CCc1ccccc1)C(=O)OC(C)(C)C. The van der Waals surface area contributed by atoms with E-state index in [0.717, 1.165) is 5.56 Å². The highest BCUT2D eigenvalue weighted by molar-refractivity contribution is 5.90. The van der Waals surface area contributed by atoms with E-state index in [0.29, 0.717) is 6.42 Å². The van der Waals surface area contributed by atoms with Crippen LogP contribution < -0.4 is 0 Å². The molecule has 23 heavy (non-hydrogen) atoms. The normalized spacial score (nSPS) is 14.0. The van der Waals surface area contributed by atoms with Crippen molar-refractivity contribution >= 4 is 11.8 Å². The summed E-state index contributed by atoms with van der Waals surface area (Å²) in [4.78, 5) is 23.8. The number of ether oxygens (including phenoxy) is 1. The second-order valence-corrected chi connectivity index (χ2v) is 6.51. The highest BCUT2D eigenvalue weighted by Gasteiger charge is 2.39. The Bertz CT molecular complexity index is 620. The van der Waals surface area contributed by atoms with Crippen molar-refractivity contribution in [1.82, 2.24) is 0 Å². The van der Waals surface area contributed by atoms with Crippen LogP contribution in [0.2, 0.25) is 0 Å². The lowest BCUT2D eigenvalue weighted by Gasteiger charge is -2.27. The molecule has 4 nitrogen and oxygen atoms in total. The van der Waals surface area contributed by atoms with E-state index >= 15 is 0 Å². The predicted octanol–water partition coefficient (Wildman–Crippen LogP) is 3.62. The van der Waals surface area contributed by atoms with Gasteiger partial charge in [0.25, 0.3) is 0 Å². The maximum absolute atomic E-state index is 12.5. The van der Waals surface area contributed by atoms with Crippen LogP contribution in [0.25, 0.3) is 0 Å². The number of hydrogen-bond donors (Lipinski definition) is 0. The summed E-state index contributed by atoms with van der Waals surface area (Å²) in [5.41, 5.74) is -1.14. The van der Waals surface area contributed by atoms with Gasteiger partial charge in [0.2, 0.25) is 0 Å². The number of hydrogen-bond acceptors (Lipinski definition) is 4. The number of nitriles is 1. The third kappa shape index (κ3) is 6.07. The summed E-state index contributed by atoms with van der Waals surface area (Å²) in [6.07, 6.45) is 3.42. The number of carbonyl (C=O) groups excluding carboxylic acids is 2. The summed E-state index contributed by atoms with van der Waals surface area (Å²) < 4.78 is 5.39. The molecule has 0 spiro atoms. The Balaban J connectivity index is 3.06. The third-order valence-electron chi connectivity index (χ3n) is 3.22. The number of ketones is 1. The van der Waals surface area contributed by atoms with Crippen molar-refractivity contribution in [3.05, 3.63) is 48.0 Å². The molecule has 1 aromatic carbocycles. The summed E-state index contributed by atoms with van der Waals surface area (Å²) in [6.45, 7) is 6.63. The van der Waals surface area contributed by atoms with Gasteiger partial charge in [-0.25, -0.2) is 4.79 Å². The number of rotatable bonds is 6. The van der Waals surface area contributed by atoms with E-state index in [9.17, 15) is 14.9 Å². The first-order valence-electron chi connectivity index (χ1n) is 7.57. The quantitative estimate of drug-likeness (QED) is 0.594. The molecule has 0 radical (unpaired) electrons. The van der Waals surface area contributed by atoms with Crippen LogP contribution in [0, 0.1) is 16.7 Å². The minimum absolute atomic E-state index is 0.215. The zero-order chi connectivity index (χ0) is 17.5. The summed E-state index contributed by atoms with van der Waals surface area (Å²) >= 11 is 0. The largest absolute Gasteiger partial charge is 0.459 e. The van der Waals surface area contributed by atoms with E-state index in [1.165, 1.54) is 19.1 Å². The number of allylic oxidation sites excluding steroid dienone is 1. The lowest BCUT2D eigenvalue weighted by molar-refractivity contribution is -0.161. The van der Waals surface area contributed by atoms with Crippen LogP contribution in [-0.4, -0.2) is 17.4 Å². The zero-order valence-corrected chi connectivity index (χ0v) is 14.1. The van der Waals surface area contributed by atoms with Gasteiger partial charge < -0.3 is 4.74 Å². The van der Waals surface area contributed by atoms with Gasteiger partial charge >= 0.3 is 5.97 Å². The van der Waals surface area contributed by atoms with Crippen LogP contribution in [0.15, 0.2) is 42.5 Å². The van der Waals surface area contributed by atoms with Crippen molar-refractivity contribution in [2.75, 3.05) is 0 Å². The van der Waals surface area contributed by atoms with Crippen LogP contribution in [-0.2, 0) is 20.7 Å². The molecule has 0 N–H and O–H groups in total. The van der Waals surface area contributed by atoms with Crippen LogP contribution in [0.1, 0.15) is 39.7 Å². The van der Waals surface area contributed by atoms with Crippen LogP contribution in [0.5, 0.6) is 0 Å². The molecule has 1 atom stereocenters. The molecule has 0 saturated carbocycles. The van der Waals surface area contributed by atoms with Gasteiger partial charge in [-0.15, -0.1) is 0 Å². The highest BCUT2D eigenvalue weighted by Crippen LogP contribution is 2.29. The van der Waals surface area contributed by atoms with E-state index in [4.69, 9.17) is 4.74 Å². The smallest absolute Gasteiger partial charge is 0.331 e. The van der Waals surface area contributed by atoms with Gasteiger partial charge in [0.1, 0.15) is 5.60 Å². The van der Waals surface area contributed by atoms with Gasteiger partial charge in [-0.05, 0) is 58.3 Å². The van der Waals surface area contributed by atoms with Gasteiger partial charge in [0.15, 0.2) is 11.2 Å². The number of aryl methyl sites for hydroxylation is 1. The molecule has 0 bridgehead atoms.